The van der Waals surface area contributed by atoms with Crippen LogP contribution in [0, 0.1) is 19.7 Å². The van der Waals surface area contributed by atoms with Crippen molar-refractivity contribution in [2.24, 2.45) is 0 Å². The SMILES string of the molecule is CCNC(CCc1ccc(C)cc1)c1ccc(F)cc1C. The molecule has 21 heavy (non-hydrogen) atoms. The summed E-state index contributed by atoms with van der Waals surface area (Å²) in [4.78, 5) is 0. The van der Waals surface area contributed by atoms with E-state index in [-0.39, 0.29) is 11.9 Å². The van der Waals surface area contributed by atoms with E-state index in [0.29, 0.717) is 0 Å². The van der Waals surface area contributed by atoms with Crippen LogP contribution >= 0.6 is 0 Å². The molecule has 2 aromatic rings. The molecule has 0 aliphatic rings. The summed E-state index contributed by atoms with van der Waals surface area (Å²) in [5.41, 5.74) is 4.86. The third-order valence-electron chi connectivity index (χ3n) is 3.90. The van der Waals surface area contributed by atoms with Gasteiger partial charge in [-0.1, -0.05) is 42.8 Å². The minimum Gasteiger partial charge on any atom is -0.310 e. The summed E-state index contributed by atoms with van der Waals surface area (Å²) in [7, 11) is 0. The molecule has 0 aliphatic carbocycles. The molecule has 1 unspecified atom stereocenters. The molecule has 1 N–H and O–H groups in total. The molecule has 0 bridgehead atoms. The fourth-order valence-corrected chi connectivity index (χ4v) is 2.71. The molecular weight excluding hydrogens is 261 g/mol. The normalized spacial score (nSPS) is 12.4. The molecule has 0 amide bonds. The Morgan fingerprint density at radius 2 is 1.76 bits per heavy atom. The van der Waals surface area contributed by atoms with Gasteiger partial charge in [-0.25, -0.2) is 4.39 Å². The maximum absolute atomic E-state index is 13.3. The molecular formula is C19H24FN. The van der Waals surface area contributed by atoms with Crippen LogP contribution in [0.3, 0.4) is 0 Å². The van der Waals surface area contributed by atoms with Crippen LogP contribution in [0.2, 0.25) is 0 Å². The molecule has 1 atom stereocenters. The Balaban J connectivity index is 2.09. The number of benzene rings is 2. The van der Waals surface area contributed by atoms with Gasteiger partial charge in [0.2, 0.25) is 0 Å². The van der Waals surface area contributed by atoms with Crippen molar-refractivity contribution in [3.8, 4) is 0 Å². The number of hydrogen-bond acceptors (Lipinski definition) is 1. The molecule has 2 heteroatoms. The lowest BCUT2D eigenvalue weighted by Crippen LogP contribution is -2.22. The Labute approximate surface area is 127 Å². The van der Waals surface area contributed by atoms with Gasteiger partial charge >= 0.3 is 0 Å². The minimum absolute atomic E-state index is 0.162. The fraction of sp³-hybridized carbons (Fsp3) is 0.368. The predicted octanol–water partition coefficient (Wildman–Crippen LogP) is 4.73. The number of halogens is 1. The van der Waals surface area contributed by atoms with Crippen LogP contribution in [-0.2, 0) is 6.42 Å². The molecule has 0 aliphatic heterocycles. The van der Waals surface area contributed by atoms with Crippen molar-refractivity contribution in [1.29, 1.82) is 0 Å². The van der Waals surface area contributed by atoms with Gasteiger partial charge in [-0.3, -0.25) is 0 Å². The smallest absolute Gasteiger partial charge is 0.123 e. The van der Waals surface area contributed by atoms with E-state index in [9.17, 15) is 4.39 Å². The standard InChI is InChI=1S/C19H24FN/c1-4-21-19(18-11-10-17(20)13-15(18)3)12-9-16-7-5-14(2)6-8-16/h5-8,10-11,13,19,21H,4,9,12H2,1-3H3. The van der Waals surface area contributed by atoms with Gasteiger partial charge in [0.05, 0.1) is 0 Å². The maximum atomic E-state index is 13.3. The van der Waals surface area contributed by atoms with Crippen molar-refractivity contribution >= 4 is 0 Å². The molecule has 0 spiro atoms. The first-order valence-electron chi connectivity index (χ1n) is 7.65. The van der Waals surface area contributed by atoms with Crippen LogP contribution in [0.25, 0.3) is 0 Å². The second kappa shape index (κ2) is 7.37. The van der Waals surface area contributed by atoms with Gasteiger partial charge in [0.25, 0.3) is 0 Å². The van der Waals surface area contributed by atoms with Gasteiger partial charge in [-0.15, -0.1) is 0 Å². The molecule has 2 rings (SSSR count). The van der Waals surface area contributed by atoms with Gasteiger partial charge in [0.15, 0.2) is 0 Å². The molecule has 0 heterocycles. The second-order valence-electron chi connectivity index (χ2n) is 5.64. The topological polar surface area (TPSA) is 12.0 Å². The first kappa shape index (κ1) is 15.7. The number of hydrogen-bond donors (Lipinski definition) is 1. The van der Waals surface area contributed by atoms with E-state index in [1.54, 1.807) is 12.1 Å². The summed E-state index contributed by atoms with van der Waals surface area (Å²) in [6.07, 6.45) is 2.04. The molecule has 0 fully saturated rings. The maximum Gasteiger partial charge on any atom is 0.123 e. The molecule has 0 saturated carbocycles. The number of nitrogens with one attached hydrogen (secondary N) is 1. The van der Waals surface area contributed by atoms with E-state index in [1.807, 2.05) is 13.0 Å². The van der Waals surface area contributed by atoms with Crippen LogP contribution in [0.15, 0.2) is 42.5 Å². The number of aryl methyl sites for hydroxylation is 3. The highest BCUT2D eigenvalue weighted by molar-refractivity contribution is 5.30. The van der Waals surface area contributed by atoms with E-state index in [1.165, 1.54) is 16.7 Å². The average molecular weight is 285 g/mol. The second-order valence-corrected chi connectivity index (χ2v) is 5.64. The highest BCUT2D eigenvalue weighted by Crippen LogP contribution is 2.23. The molecule has 2 aromatic carbocycles. The molecule has 1 nitrogen and oxygen atoms in total. The Morgan fingerprint density at radius 3 is 2.38 bits per heavy atom. The third-order valence-corrected chi connectivity index (χ3v) is 3.90. The summed E-state index contributed by atoms with van der Waals surface area (Å²) < 4.78 is 13.3. The number of rotatable bonds is 6. The van der Waals surface area contributed by atoms with E-state index in [4.69, 9.17) is 0 Å². The van der Waals surface area contributed by atoms with Crippen molar-refractivity contribution in [1.82, 2.24) is 5.32 Å². The summed E-state index contributed by atoms with van der Waals surface area (Å²) in [5, 5.41) is 3.52. The van der Waals surface area contributed by atoms with Crippen LogP contribution in [0.1, 0.15) is 41.6 Å². The van der Waals surface area contributed by atoms with E-state index in [2.05, 4.69) is 43.4 Å². The van der Waals surface area contributed by atoms with Crippen molar-refractivity contribution < 1.29 is 4.39 Å². The first-order chi connectivity index (χ1) is 10.1. The quantitative estimate of drug-likeness (QED) is 0.809. The van der Waals surface area contributed by atoms with Gasteiger partial charge in [-0.2, -0.15) is 0 Å². The Morgan fingerprint density at radius 1 is 1.05 bits per heavy atom. The third kappa shape index (κ3) is 4.40. The lowest BCUT2D eigenvalue weighted by atomic mass is 9.95. The minimum atomic E-state index is -0.162. The van der Waals surface area contributed by atoms with Crippen molar-refractivity contribution in [2.75, 3.05) is 6.54 Å². The van der Waals surface area contributed by atoms with E-state index >= 15 is 0 Å². The summed E-state index contributed by atoms with van der Waals surface area (Å²) in [6.45, 7) is 7.11. The van der Waals surface area contributed by atoms with Crippen LogP contribution in [0.5, 0.6) is 0 Å². The molecule has 112 valence electrons. The Bertz CT molecular complexity index is 575. The van der Waals surface area contributed by atoms with Crippen LogP contribution in [-0.4, -0.2) is 6.54 Å². The summed E-state index contributed by atoms with van der Waals surface area (Å²) >= 11 is 0. The van der Waals surface area contributed by atoms with Crippen molar-refractivity contribution in [3.63, 3.8) is 0 Å². The predicted molar refractivity (Wildman–Crippen MR) is 87.1 cm³/mol. The zero-order valence-corrected chi connectivity index (χ0v) is 13.1. The van der Waals surface area contributed by atoms with Gasteiger partial charge < -0.3 is 5.32 Å². The highest BCUT2D eigenvalue weighted by Gasteiger charge is 2.13. The first-order valence-corrected chi connectivity index (χ1v) is 7.65. The average Bonchev–Trinajstić information content (AvgIpc) is 2.46. The Kier molecular flexibility index (Phi) is 5.51. The summed E-state index contributed by atoms with van der Waals surface area (Å²) in [6, 6.07) is 14.0. The lowest BCUT2D eigenvalue weighted by Gasteiger charge is -2.20. The lowest BCUT2D eigenvalue weighted by molar-refractivity contribution is 0.511. The zero-order chi connectivity index (χ0) is 15.2. The van der Waals surface area contributed by atoms with Gasteiger partial charge in [0, 0.05) is 6.04 Å². The van der Waals surface area contributed by atoms with Gasteiger partial charge in [0.1, 0.15) is 5.82 Å². The highest BCUT2D eigenvalue weighted by atomic mass is 19.1. The fourth-order valence-electron chi connectivity index (χ4n) is 2.71. The van der Waals surface area contributed by atoms with Crippen LogP contribution < -0.4 is 5.32 Å². The Hall–Kier alpha value is -1.67. The van der Waals surface area contributed by atoms with Crippen molar-refractivity contribution in [2.45, 2.75) is 39.7 Å². The monoisotopic (exact) mass is 285 g/mol. The van der Waals surface area contributed by atoms with E-state index < -0.39 is 0 Å². The van der Waals surface area contributed by atoms with E-state index in [0.717, 1.165) is 24.9 Å². The largest absolute Gasteiger partial charge is 0.310 e. The van der Waals surface area contributed by atoms with Gasteiger partial charge in [-0.05, 0) is 62.1 Å². The molecule has 0 aromatic heterocycles. The molecule has 0 radical (unpaired) electrons. The van der Waals surface area contributed by atoms with Crippen LogP contribution in [0.4, 0.5) is 4.39 Å². The summed E-state index contributed by atoms with van der Waals surface area (Å²) in [5.74, 6) is -0.162. The molecule has 0 saturated heterocycles. The van der Waals surface area contributed by atoms with Crippen molar-refractivity contribution in [3.05, 3.63) is 70.5 Å². The zero-order valence-electron chi connectivity index (χ0n) is 13.1.